The van der Waals surface area contributed by atoms with Gasteiger partial charge in [0, 0.05) is 18.9 Å². The molecule has 84 valence electrons. The van der Waals surface area contributed by atoms with Crippen LogP contribution < -0.4 is 5.32 Å². The summed E-state index contributed by atoms with van der Waals surface area (Å²) < 4.78 is 25.9. The number of pyridine rings is 1. The van der Waals surface area contributed by atoms with E-state index in [0.29, 0.717) is 5.56 Å². The quantitative estimate of drug-likeness (QED) is 0.621. The van der Waals surface area contributed by atoms with Crippen molar-refractivity contribution in [3.05, 3.63) is 30.1 Å². The van der Waals surface area contributed by atoms with Gasteiger partial charge in [0.1, 0.15) is 0 Å². The van der Waals surface area contributed by atoms with Crippen molar-refractivity contribution in [2.45, 2.75) is 0 Å². The number of carbonyl (C=O) groups is 1. The largest absolute Gasteiger partial charge is 0.351 e. The van der Waals surface area contributed by atoms with Crippen molar-refractivity contribution in [2.24, 2.45) is 0 Å². The van der Waals surface area contributed by atoms with Crippen molar-refractivity contribution in [3.63, 3.8) is 0 Å². The van der Waals surface area contributed by atoms with E-state index < -0.39 is 10.9 Å². The van der Waals surface area contributed by atoms with Gasteiger partial charge < -0.3 is 19.0 Å². The van der Waals surface area contributed by atoms with Gasteiger partial charge in [0.15, 0.2) is 0 Å². The fourth-order valence-corrected chi connectivity index (χ4v) is 1.28. The molecule has 15 heavy (non-hydrogen) atoms. The lowest BCUT2D eigenvalue weighted by Gasteiger charge is -2.18. The molecule has 1 aromatic heterocycles. The molecule has 0 atom stereocenters. The second kappa shape index (κ2) is 5.08. The smallest absolute Gasteiger partial charge is 0.252 e. The standard InChI is InChI=1S/C8H12N2O4S/c11-8(7-2-1-3-9-6-7)10-4-5-15(12,13)14/h1-3,6,12-14H,4-5H2,(H,10,11). The summed E-state index contributed by atoms with van der Waals surface area (Å²) >= 11 is 0. The lowest BCUT2D eigenvalue weighted by Crippen LogP contribution is -2.28. The van der Waals surface area contributed by atoms with Gasteiger partial charge in [-0.2, -0.15) is 0 Å². The number of nitrogens with one attached hydrogen (secondary N) is 1. The monoisotopic (exact) mass is 232 g/mol. The van der Waals surface area contributed by atoms with Gasteiger partial charge in [-0.05, 0) is 12.1 Å². The Hall–Kier alpha value is -1.15. The third kappa shape index (κ3) is 4.75. The zero-order valence-corrected chi connectivity index (χ0v) is 8.65. The number of nitrogens with zero attached hydrogens (tertiary/aromatic N) is 1. The van der Waals surface area contributed by atoms with E-state index in [1.165, 1.54) is 6.20 Å². The molecule has 1 amide bonds. The number of hydrogen-bond acceptors (Lipinski definition) is 5. The summed E-state index contributed by atoms with van der Waals surface area (Å²) in [5, 5.41) is 2.42. The molecule has 0 bridgehead atoms. The third-order valence-corrected chi connectivity index (χ3v) is 2.34. The van der Waals surface area contributed by atoms with Crippen LogP contribution in [0.1, 0.15) is 10.4 Å². The minimum Gasteiger partial charge on any atom is -0.351 e. The van der Waals surface area contributed by atoms with Crippen LogP contribution in [0.15, 0.2) is 24.5 Å². The molecule has 0 unspecified atom stereocenters. The SMILES string of the molecule is O=C(NCCS(O)(O)O)c1cccnc1. The van der Waals surface area contributed by atoms with Gasteiger partial charge >= 0.3 is 0 Å². The van der Waals surface area contributed by atoms with Crippen LogP contribution in [0.5, 0.6) is 0 Å². The molecule has 0 aromatic carbocycles. The van der Waals surface area contributed by atoms with Crippen molar-refractivity contribution in [1.29, 1.82) is 0 Å². The van der Waals surface area contributed by atoms with Crippen LogP contribution in [-0.4, -0.2) is 36.8 Å². The van der Waals surface area contributed by atoms with E-state index in [-0.39, 0.29) is 18.2 Å². The average molecular weight is 232 g/mol. The number of hydrogen-bond donors (Lipinski definition) is 4. The lowest BCUT2D eigenvalue weighted by molar-refractivity contribution is 0.0955. The molecule has 0 aliphatic carbocycles. The second-order valence-corrected chi connectivity index (χ2v) is 4.51. The van der Waals surface area contributed by atoms with Crippen LogP contribution in [0.2, 0.25) is 0 Å². The van der Waals surface area contributed by atoms with Gasteiger partial charge in [-0.3, -0.25) is 9.78 Å². The summed E-state index contributed by atoms with van der Waals surface area (Å²) in [6.07, 6.45) is 2.94. The molecular formula is C8H12N2O4S. The van der Waals surface area contributed by atoms with Gasteiger partial charge in [-0.15, -0.1) is 0 Å². The molecule has 0 radical (unpaired) electrons. The van der Waals surface area contributed by atoms with E-state index in [1.807, 2.05) is 0 Å². The normalized spacial score (nSPS) is 12.2. The number of rotatable bonds is 4. The fourth-order valence-electron chi connectivity index (χ4n) is 0.901. The number of aromatic nitrogens is 1. The molecule has 0 saturated carbocycles. The van der Waals surface area contributed by atoms with E-state index in [0.717, 1.165) is 0 Å². The Morgan fingerprint density at radius 3 is 2.73 bits per heavy atom. The molecule has 0 saturated heterocycles. The molecule has 4 N–H and O–H groups in total. The van der Waals surface area contributed by atoms with E-state index in [9.17, 15) is 4.79 Å². The summed E-state index contributed by atoms with van der Waals surface area (Å²) in [7, 11) is -3.53. The van der Waals surface area contributed by atoms with Crippen LogP contribution >= 0.6 is 10.9 Å². The highest BCUT2D eigenvalue weighted by Gasteiger charge is 2.12. The molecule has 0 aliphatic rings. The Morgan fingerprint density at radius 1 is 1.47 bits per heavy atom. The first-order valence-corrected chi connectivity index (χ1v) is 5.83. The number of carbonyl (C=O) groups excluding carboxylic acids is 1. The topological polar surface area (TPSA) is 103 Å². The predicted molar refractivity (Wildman–Crippen MR) is 56.9 cm³/mol. The van der Waals surface area contributed by atoms with Crippen LogP contribution in [0.4, 0.5) is 0 Å². The Kier molecular flexibility index (Phi) is 4.04. The molecule has 0 fully saturated rings. The molecule has 1 rings (SSSR count). The van der Waals surface area contributed by atoms with E-state index in [2.05, 4.69) is 10.3 Å². The predicted octanol–water partition coefficient (Wildman–Crippen LogP) is 1.03. The van der Waals surface area contributed by atoms with Crippen molar-refractivity contribution in [1.82, 2.24) is 10.3 Å². The van der Waals surface area contributed by atoms with Crippen molar-refractivity contribution < 1.29 is 18.5 Å². The maximum Gasteiger partial charge on any atom is 0.252 e. The Bertz CT molecular complexity index is 325. The Balaban J connectivity index is 2.38. The van der Waals surface area contributed by atoms with Gasteiger partial charge in [-0.1, -0.05) is 0 Å². The van der Waals surface area contributed by atoms with Gasteiger partial charge in [-0.25, -0.2) is 0 Å². The summed E-state index contributed by atoms with van der Waals surface area (Å²) in [5.74, 6) is -0.648. The molecule has 1 aromatic rings. The maximum absolute atomic E-state index is 11.3. The summed E-state index contributed by atoms with van der Waals surface area (Å²) in [5.41, 5.74) is 0.381. The Labute approximate surface area is 88.5 Å². The molecule has 0 spiro atoms. The molecule has 1 heterocycles. The highest BCUT2D eigenvalue weighted by atomic mass is 32.3. The van der Waals surface area contributed by atoms with Crippen LogP contribution in [0.25, 0.3) is 0 Å². The summed E-state index contributed by atoms with van der Waals surface area (Å²) in [6, 6.07) is 3.20. The van der Waals surface area contributed by atoms with E-state index in [1.54, 1.807) is 18.3 Å². The second-order valence-electron chi connectivity index (χ2n) is 2.83. The third-order valence-electron chi connectivity index (χ3n) is 1.59. The summed E-state index contributed by atoms with van der Waals surface area (Å²) in [4.78, 5) is 15.1. The first-order valence-electron chi connectivity index (χ1n) is 4.15. The average Bonchev–Trinajstić information content (AvgIpc) is 2.17. The van der Waals surface area contributed by atoms with Crippen LogP contribution in [0.3, 0.4) is 0 Å². The van der Waals surface area contributed by atoms with Gasteiger partial charge in [0.05, 0.1) is 22.2 Å². The highest BCUT2D eigenvalue weighted by molar-refractivity contribution is 8.19. The molecule has 6 nitrogen and oxygen atoms in total. The highest BCUT2D eigenvalue weighted by Crippen LogP contribution is 2.30. The first kappa shape index (κ1) is 11.9. The molecular weight excluding hydrogens is 220 g/mol. The zero-order chi connectivity index (χ0) is 11.3. The lowest BCUT2D eigenvalue weighted by atomic mass is 10.3. The fraction of sp³-hybridized carbons (Fsp3) is 0.250. The van der Waals surface area contributed by atoms with E-state index in [4.69, 9.17) is 13.7 Å². The minimum atomic E-state index is -3.53. The van der Waals surface area contributed by atoms with Crippen molar-refractivity contribution in [2.75, 3.05) is 12.3 Å². The van der Waals surface area contributed by atoms with Crippen molar-refractivity contribution >= 4 is 16.8 Å². The zero-order valence-electron chi connectivity index (χ0n) is 7.83. The van der Waals surface area contributed by atoms with Gasteiger partial charge in [0.25, 0.3) is 5.91 Å². The number of amides is 1. The summed E-state index contributed by atoms with van der Waals surface area (Å²) in [6.45, 7) is -0.00738. The Morgan fingerprint density at radius 2 is 2.20 bits per heavy atom. The van der Waals surface area contributed by atoms with Crippen LogP contribution in [-0.2, 0) is 0 Å². The maximum atomic E-state index is 11.3. The van der Waals surface area contributed by atoms with Crippen molar-refractivity contribution in [3.8, 4) is 0 Å². The minimum absolute atomic E-state index is 0.00738. The molecule has 7 heteroatoms. The molecule has 0 aliphatic heterocycles. The van der Waals surface area contributed by atoms with Gasteiger partial charge in [0.2, 0.25) is 0 Å². The van der Waals surface area contributed by atoms with E-state index >= 15 is 0 Å². The first-order chi connectivity index (χ1) is 6.99. The van der Waals surface area contributed by atoms with Crippen LogP contribution in [0, 0.1) is 0 Å².